The minimum absolute atomic E-state index is 0.160. The van der Waals surface area contributed by atoms with Crippen LogP contribution in [-0.4, -0.2) is 12.9 Å². The predicted octanol–water partition coefficient (Wildman–Crippen LogP) is 4.57. The highest BCUT2D eigenvalue weighted by Crippen LogP contribution is 2.38. The summed E-state index contributed by atoms with van der Waals surface area (Å²) in [5.74, 6) is 1.27. The molecule has 2 nitrogen and oxygen atoms in total. The van der Waals surface area contributed by atoms with Crippen molar-refractivity contribution in [1.29, 1.82) is 0 Å². The van der Waals surface area contributed by atoms with Gasteiger partial charge in [0.15, 0.2) is 5.78 Å². The molecule has 1 atom stereocenters. The number of benzene rings is 1. The van der Waals surface area contributed by atoms with Gasteiger partial charge in [0.1, 0.15) is 5.75 Å². The molecule has 2 rings (SSSR count). The number of rotatable bonds is 4. The zero-order chi connectivity index (χ0) is 14.9. The SMILES string of the molecule is COc1cccc(C(=O)CC2=C(C)C(C)=C(C)C2C)c1. The molecule has 0 aliphatic heterocycles. The van der Waals surface area contributed by atoms with E-state index in [4.69, 9.17) is 4.74 Å². The van der Waals surface area contributed by atoms with E-state index < -0.39 is 0 Å². The number of allylic oxidation sites excluding steroid dienone is 4. The number of Topliss-reactive ketones (excluding diaryl/α,β-unsaturated/α-hetero) is 1. The summed E-state index contributed by atoms with van der Waals surface area (Å²) in [7, 11) is 1.62. The van der Waals surface area contributed by atoms with Crippen LogP contribution in [0.3, 0.4) is 0 Å². The quantitative estimate of drug-likeness (QED) is 0.749. The molecule has 0 saturated heterocycles. The number of carbonyl (C=O) groups is 1. The van der Waals surface area contributed by atoms with Crippen LogP contribution in [0.5, 0.6) is 5.75 Å². The molecule has 20 heavy (non-hydrogen) atoms. The van der Waals surface area contributed by atoms with E-state index in [0.717, 1.165) is 11.3 Å². The summed E-state index contributed by atoms with van der Waals surface area (Å²) < 4.78 is 5.18. The topological polar surface area (TPSA) is 26.3 Å². The third-order valence-corrected chi connectivity index (χ3v) is 4.55. The summed E-state index contributed by atoms with van der Waals surface area (Å²) in [6, 6.07) is 7.38. The minimum atomic E-state index is 0.160. The summed E-state index contributed by atoms with van der Waals surface area (Å²) in [5.41, 5.74) is 5.99. The normalized spacial score (nSPS) is 18.8. The van der Waals surface area contributed by atoms with Gasteiger partial charge in [0, 0.05) is 12.0 Å². The second kappa shape index (κ2) is 5.66. The molecule has 0 N–H and O–H groups in total. The van der Waals surface area contributed by atoms with Gasteiger partial charge in [0.05, 0.1) is 7.11 Å². The lowest BCUT2D eigenvalue weighted by Gasteiger charge is -2.12. The van der Waals surface area contributed by atoms with Crippen LogP contribution < -0.4 is 4.74 Å². The summed E-state index contributed by atoms with van der Waals surface area (Å²) in [6.45, 7) is 8.61. The predicted molar refractivity (Wildman–Crippen MR) is 82.2 cm³/mol. The fourth-order valence-electron chi connectivity index (χ4n) is 2.80. The van der Waals surface area contributed by atoms with E-state index >= 15 is 0 Å². The largest absolute Gasteiger partial charge is 0.497 e. The van der Waals surface area contributed by atoms with Crippen molar-refractivity contribution in [3.63, 3.8) is 0 Å². The van der Waals surface area contributed by atoms with Gasteiger partial charge < -0.3 is 4.74 Å². The fraction of sp³-hybridized carbons (Fsp3) is 0.389. The first-order valence-electron chi connectivity index (χ1n) is 7.00. The summed E-state index contributed by atoms with van der Waals surface area (Å²) in [6.07, 6.45) is 0.495. The summed E-state index contributed by atoms with van der Waals surface area (Å²) in [4.78, 5) is 12.5. The molecular formula is C18H22O2. The number of carbonyl (C=O) groups excluding carboxylic acids is 1. The van der Waals surface area contributed by atoms with Crippen molar-refractivity contribution >= 4 is 5.78 Å². The van der Waals surface area contributed by atoms with Gasteiger partial charge in [-0.15, -0.1) is 0 Å². The second-order valence-corrected chi connectivity index (χ2v) is 5.51. The number of ketones is 1. The van der Waals surface area contributed by atoms with Gasteiger partial charge in [0.25, 0.3) is 0 Å². The Labute approximate surface area is 121 Å². The molecule has 0 radical (unpaired) electrons. The van der Waals surface area contributed by atoms with Gasteiger partial charge in [-0.3, -0.25) is 4.79 Å². The summed E-state index contributed by atoms with van der Waals surface area (Å²) >= 11 is 0. The van der Waals surface area contributed by atoms with Crippen LogP contribution in [0.25, 0.3) is 0 Å². The van der Waals surface area contributed by atoms with Crippen LogP contribution >= 0.6 is 0 Å². The van der Waals surface area contributed by atoms with E-state index in [1.165, 1.54) is 22.3 Å². The second-order valence-electron chi connectivity index (χ2n) is 5.51. The first-order chi connectivity index (χ1) is 9.45. The first kappa shape index (κ1) is 14.6. The molecule has 1 aliphatic carbocycles. The van der Waals surface area contributed by atoms with Crippen molar-refractivity contribution in [2.75, 3.05) is 7.11 Å². The van der Waals surface area contributed by atoms with E-state index in [0.29, 0.717) is 12.3 Å². The molecule has 2 heteroatoms. The standard InChI is InChI=1S/C18H22O2/c1-11-12(2)14(4)17(13(11)3)10-18(19)15-7-6-8-16(9-15)20-5/h6-9,13H,10H2,1-5H3. The van der Waals surface area contributed by atoms with E-state index in [2.05, 4.69) is 27.7 Å². The molecule has 0 fully saturated rings. The highest BCUT2D eigenvalue weighted by atomic mass is 16.5. The Morgan fingerprint density at radius 3 is 2.45 bits per heavy atom. The van der Waals surface area contributed by atoms with Crippen molar-refractivity contribution in [2.45, 2.75) is 34.1 Å². The van der Waals surface area contributed by atoms with E-state index in [9.17, 15) is 4.79 Å². The molecule has 1 unspecified atom stereocenters. The molecule has 106 valence electrons. The van der Waals surface area contributed by atoms with Crippen LogP contribution in [0.2, 0.25) is 0 Å². The van der Waals surface area contributed by atoms with Crippen LogP contribution in [-0.2, 0) is 0 Å². The van der Waals surface area contributed by atoms with Crippen LogP contribution in [0.15, 0.2) is 46.6 Å². The Hall–Kier alpha value is -1.83. The highest BCUT2D eigenvalue weighted by molar-refractivity contribution is 5.98. The van der Waals surface area contributed by atoms with Gasteiger partial charge in [-0.25, -0.2) is 0 Å². The van der Waals surface area contributed by atoms with Gasteiger partial charge >= 0.3 is 0 Å². The lowest BCUT2D eigenvalue weighted by Crippen LogP contribution is -2.06. The molecule has 0 heterocycles. The van der Waals surface area contributed by atoms with E-state index in [1.807, 2.05) is 24.3 Å². The Kier molecular flexibility index (Phi) is 4.12. The van der Waals surface area contributed by atoms with Gasteiger partial charge in [-0.05, 0) is 50.0 Å². The molecule has 1 aliphatic rings. The maximum Gasteiger partial charge on any atom is 0.167 e. The van der Waals surface area contributed by atoms with E-state index in [1.54, 1.807) is 7.11 Å². The zero-order valence-corrected chi connectivity index (χ0v) is 12.9. The Morgan fingerprint density at radius 1 is 1.20 bits per heavy atom. The number of methoxy groups -OCH3 is 1. The lowest BCUT2D eigenvalue weighted by atomic mass is 9.92. The van der Waals surface area contributed by atoms with Crippen molar-refractivity contribution < 1.29 is 9.53 Å². The van der Waals surface area contributed by atoms with Crippen molar-refractivity contribution in [2.24, 2.45) is 5.92 Å². The molecule has 1 aromatic carbocycles. The zero-order valence-electron chi connectivity index (χ0n) is 12.9. The van der Waals surface area contributed by atoms with Crippen molar-refractivity contribution in [3.05, 3.63) is 52.1 Å². The van der Waals surface area contributed by atoms with Crippen LogP contribution in [0.1, 0.15) is 44.5 Å². The van der Waals surface area contributed by atoms with Gasteiger partial charge in [-0.2, -0.15) is 0 Å². The van der Waals surface area contributed by atoms with E-state index in [-0.39, 0.29) is 5.78 Å². The Balaban J connectivity index is 2.21. The molecule has 0 amide bonds. The maximum absolute atomic E-state index is 12.5. The Morgan fingerprint density at radius 2 is 1.90 bits per heavy atom. The lowest BCUT2D eigenvalue weighted by molar-refractivity contribution is 0.0990. The molecule has 0 saturated carbocycles. The summed E-state index contributed by atoms with van der Waals surface area (Å²) in [5, 5.41) is 0. The number of hydrogen-bond donors (Lipinski definition) is 0. The Bertz CT molecular complexity index is 606. The smallest absolute Gasteiger partial charge is 0.167 e. The first-order valence-corrected chi connectivity index (χ1v) is 7.00. The average molecular weight is 270 g/mol. The molecule has 0 spiro atoms. The van der Waals surface area contributed by atoms with Gasteiger partial charge in [-0.1, -0.05) is 30.2 Å². The third kappa shape index (κ3) is 2.55. The number of ether oxygens (including phenoxy) is 1. The van der Waals surface area contributed by atoms with Crippen molar-refractivity contribution in [3.8, 4) is 5.75 Å². The molecular weight excluding hydrogens is 248 g/mol. The number of hydrogen-bond acceptors (Lipinski definition) is 2. The van der Waals surface area contributed by atoms with Crippen molar-refractivity contribution in [1.82, 2.24) is 0 Å². The molecule has 0 bridgehead atoms. The van der Waals surface area contributed by atoms with Crippen LogP contribution in [0, 0.1) is 5.92 Å². The van der Waals surface area contributed by atoms with Gasteiger partial charge in [0.2, 0.25) is 0 Å². The average Bonchev–Trinajstić information content (AvgIpc) is 2.65. The third-order valence-electron chi connectivity index (χ3n) is 4.55. The maximum atomic E-state index is 12.5. The van der Waals surface area contributed by atoms with Crippen LogP contribution in [0.4, 0.5) is 0 Å². The minimum Gasteiger partial charge on any atom is -0.497 e. The molecule has 0 aromatic heterocycles. The molecule has 1 aromatic rings. The monoisotopic (exact) mass is 270 g/mol. The highest BCUT2D eigenvalue weighted by Gasteiger charge is 2.25. The fourth-order valence-corrected chi connectivity index (χ4v) is 2.80.